The van der Waals surface area contributed by atoms with Crippen LogP contribution in [0, 0.1) is 0 Å². The number of amides is 2. The summed E-state index contributed by atoms with van der Waals surface area (Å²) in [6, 6.07) is 12.0. The van der Waals surface area contributed by atoms with Gasteiger partial charge in [-0.15, -0.1) is 0 Å². The van der Waals surface area contributed by atoms with Crippen molar-refractivity contribution in [3.63, 3.8) is 0 Å². The molecule has 2 amide bonds. The van der Waals surface area contributed by atoms with Crippen molar-refractivity contribution in [1.29, 1.82) is 0 Å². The smallest absolute Gasteiger partial charge is 0.242 e. The number of carbonyl (C=O) groups is 2. The minimum absolute atomic E-state index is 0.0821. The molecule has 1 N–H and O–H groups in total. The topological polar surface area (TPSA) is 58.6 Å². The number of nitrogens with one attached hydrogen (secondary N) is 1. The second-order valence-corrected chi connectivity index (χ2v) is 8.20. The van der Waals surface area contributed by atoms with Gasteiger partial charge in [-0.3, -0.25) is 9.59 Å². The summed E-state index contributed by atoms with van der Waals surface area (Å²) in [7, 11) is 1.60. The van der Waals surface area contributed by atoms with Gasteiger partial charge in [0, 0.05) is 23.1 Å². The standard InChI is InChI=1S/C24H30Cl2N2O3/c1-4-6-12-27-24(30)22(5-2)28(16-17-8-7-9-20(13-17)31-3)23(29)14-18-10-11-19(25)15-21(18)26/h7-11,13,15,22H,4-6,12,14,16H2,1-3H3,(H,27,30). The normalized spacial score (nSPS) is 11.6. The number of methoxy groups -OCH3 is 1. The molecule has 1 atom stereocenters. The molecule has 0 aromatic heterocycles. The van der Waals surface area contributed by atoms with Gasteiger partial charge in [-0.2, -0.15) is 0 Å². The highest BCUT2D eigenvalue weighted by Crippen LogP contribution is 2.23. The van der Waals surface area contributed by atoms with E-state index in [0.717, 1.165) is 18.4 Å². The van der Waals surface area contributed by atoms with Gasteiger partial charge in [-0.05, 0) is 48.2 Å². The van der Waals surface area contributed by atoms with E-state index in [1.54, 1.807) is 30.2 Å². The van der Waals surface area contributed by atoms with E-state index in [4.69, 9.17) is 27.9 Å². The molecule has 2 aromatic carbocycles. The Morgan fingerprint density at radius 3 is 2.55 bits per heavy atom. The van der Waals surface area contributed by atoms with Gasteiger partial charge in [0.15, 0.2) is 0 Å². The first-order chi connectivity index (χ1) is 14.9. The maximum atomic E-state index is 13.4. The van der Waals surface area contributed by atoms with E-state index in [-0.39, 0.29) is 18.2 Å². The Morgan fingerprint density at radius 1 is 1.13 bits per heavy atom. The molecule has 1 unspecified atom stereocenters. The number of unbranched alkanes of at least 4 members (excludes halogenated alkanes) is 1. The highest BCUT2D eigenvalue weighted by Gasteiger charge is 2.29. The molecule has 168 valence electrons. The van der Waals surface area contributed by atoms with Crippen molar-refractivity contribution in [2.75, 3.05) is 13.7 Å². The summed E-state index contributed by atoms with van der Waals surface area (Å²) in [6.07, 6.45) is 2.46. The summed E-state index contributed by atoms with van der Waals surface area (Å²) in [5.41, 5.74) is 1.56. The molecule has 31 heavy (non-hydrogen) atoms. The molecule has 0 spiro atoms. The monoisotopic (exact) mass is 464 g/mol. The third-order valence-corrected chi connectivity index (χ3v) is 5.65. The quantitative estimate of drug-likeness (QED) is 0.460. The average molecular weight is 465 g/mol. The highest BCUT2D eigenvalue weighted by atomic mass is 35.5. The lowest BCUT2D eigenvalue weighted by molar-refractivity contribution is -0.140. The Bertz CT molecular complexity index is 889. The van der Waals surface area contributed by atoms with Crippen LogP contribution < -0.4 is 10.1 Å². The zero-order chi connectivity index (χ0) is 22.8. The fraction of sp³-hybridized carbons (Fsp3) is 0.417. The fourth-order valence-electron chi connectivity index (χ4n) is 3.32. The van der Waals surface area contributed by atoms with E-state index in [2.05, 4.69) is 12.2 Å². The Morgan fingerprint density at radius 2 is 1.90 bits per heavy atom. The molecule has 5 nitrogen and oxygen atoms in total. The van der Waals surface area contributed by atoms with Crippen LogP contribution in [-0.2, 0) is 22.6 Å². The van der Waals surface area contributed by atoms with E-state index in [1.807, 2.05) is 31.2 Å². The van der Waals surface area contributed by atoms with Crippen LogP contribution in [0.4, 0.5) is 0 Å². The fourth-order valence-corrected chi connectivity index (χ4v) is 3.80. The van der Waals surface area contributed by atoms with Crippen LogP contribution in [0.1, 0.15) is 44.2 Å². The van der Waals surface area contributed by atoms with Gasteiger partial charge in [-0.1, -0.05) is 61.7 Å². The van der Waals surface area contributed by atoms with E-state index in [9.17, 15) is 9.59 Å². The molecule has 0 aliphatic heterocycles. The highest BCUT2D eigenvalue weighted by molar-refractivity contribution is 6.35. The minimum atomic E-state index is -0.582. The average Bonchev–Trinajstić information content (AvgIpc) is 2.75. The summed E-state index contributed by atoms with van der Waals surface area (Å²) in [6.45, 7) is 4.86. The van der Waals surface area contributed by atoms with Crippen molar-refractivity contribution in [3.05, 3.63) is 63.6 Å². The van der Waals surface area contributed by atoms with Crippen molar-refractivity contribution in [2.24, 2.45) is 0 Å². The minimum Gasteiger partial charge on any atom is -0.497 e. The van der Waals surface area contributed by atoms with Gasteiger partial charge in [0.25, 0.3) is 0 Å². The molecule has 2 aromatic rings. The van der Waals surface area contributed by atoms with Crippen molar-refractivity contribution < 1.29 is 14.3 Å². The lowest BCUT2D eigenvalue weighted by Gasteiger charge is -2.31. The molecule has 2 rings (SSSR count). The van der Waals surface area contributed by atoms with Crippen molar-refractivity contribution in [2.45, 2.75) is 52.1 Å². The number of rotatable bonds is 11. The van der Waals surface area contributed by atoms with Gasteiger partial charge >= 0.3 is 0 Å². The molecule has 0 bridgehead atoms. The summed E-state index contributed by atoms with van der Waals surface area (Å²) >= 11 is 12.3. The molecular formula is C24H30Cl2N2O3. The van der Waals surface area contributed by atoms with Gasteiger partial charge in [0.05, 0.1) is 13.5 Å². The van der Waals surface area contributed by atoms with Gasteiger partial charge < -0.3 is 15.0 Å². The molecule has 0 radical (unpaired) electrons. The zero-order valence-electron chi connectivity index (χ0n) is 18.3. The van der Waals surface area contributed by atoms with E-state index in [0.29, 0.717) is 40.9 Å². The van der Waals surface area contributed by atoms with Crippen LogP contribution in [0.3, 0.4) is 0 Å². The predicted molar refractivity (Wildman–Crippen MR) is 126 cm³/mol. The number of carbonyl (C=O) groups excluding carboxylic acids is 2. The summed E-state index contributed by atoms with van der Waals surface area (Å²) in [5, 5.41) is 3.90. The van der Waals surface area contributed by atoms with Crippen LogP contribution in [0.5, 0.6) is 5.75 Å². The summed E-state index contributed by atoms with van der Waals surface area (Å²) < 4.78 is 5.31. The van der Waals surface area contributed by atoms with Gasteiger partial charge in [0.2, 0.25) is 11.8 Å². The molecule has 0 aliphatic carbocycles. The van der Waals surface area contributed by atoms with Gasteiger partial charge in [0.1, 0.15) is 11.8 Å². The molecule has 0 fully saturated rings. The first-order valence-electron chi connectivity index (χ1n) is 10.5. The second-order valence-electron chi connectivity index (χ2n) is 7.35. The Balaban J connectivity index is 2.30. The zero-order valence-corrected chi connectivity index (χ0v) is 19.8. The van der Waals surface area contributed by atoms with Crippen LogP contribution in [0.25, 0.3) is 0 Å². The summed E-state index contributed by atoms with van der Waals surface area (Å²) in [4.78, 5) is 27.9. The second kappa shape index (κ2) is 12.6. The number of ether oxygens (including phenoxy) is 1. The maximum Gasteiger partial charge on any atom is 0.242 e. The van der Waals surface area contributed by atoms with Crippen LogP contribution in [-0.4, -0.2) is 36.4 Å². The maximum absolute atomic E-state index is 13.4. The van der Waals surface area contributed by atoms with Crippen molar-refractivity contribution in [3.8, 4) is 5.75 Å². The number of hydrogen-bond donors (Lipinski definition) is 1. The van der Waals surface area contributed by atoms with Gasteiger partial charge in [-0.25, -0.2) is 0 Å². The largest absolute Gasteiger partial charge is 0.497 e. The Kier molecular flexibility index (Phi) is 10.2. The predicted octanol–water partition coefficient (Wildman–Crippen LogP) is 5.27. The van der Waals surface area contributed by atoms with Crippen LogP contribution in [0.15, 0.2) is 42.5 Å². The van der Waals surface area contributed by atoms with Crippen LogP contribution in [0.2, 0.25) is 10.0 Å². The number of benzene rings is 2. The summed E-state index contributed by atoms with van der Waals surface area (Å²) in [5.74, 6) is 0.380. The molecular weight excluding hydrogens is 435 g/mol. The molecule has 0 heterocycles. The SMILES string of the molecule is CCCCNC(=O)C(CC)N(Cc1cccc(OC)c1)C(=O)Cc1ccc(Cl)cc1Cl. The Labute approximate surface area is 194 Å². The van der Waals surface area contributed by atoms with Crippen molar-refractivity contribution in [1.82, 2.24) is 10.2 Å². The lowest BCUT2D eigenvalue weighted by atomic mass is 10.1. The Hall–Kier alpha value is -2.24. The third-order valence-electron chi connectivity index (χ3n) is 5.06. The van der Waals surface area contributed by atoms with Crippen LogP contribution >= 0.6 is 23.2 Å². The van der Waals surface area contributed by atoms with Crippen molar-refractivity contribution >= 4 is 35.0 Å². The molecule has 7 heteroatoms. The molecule has 0 saturated carbocycles. The number of hydrogen-bond acceptors (Lipinski definition) is 3. The molecule has 0 saturated heterocycles. The van der Waals surface area contributed by atoms with E-state index < -0.39 is 6.04 Å². The first-order valence-corrected chi connectivity index (χ1v) is 11.3. The number of halogens is 2. The third kappa shape index (κ3) is 7.44. The molecule has 0 aliphatic rings. The lowest BCUT2D eigenvalue weighted by Crippen LogP contribution is -2.49. The number of nitrogens with zero attached hydrogens (tertiary/aromatic N) is 1. The van der Waals surface area contributed by atoms with E-state index >= 15 is 0 Å². The van der Waals surface area contributed by atoms with E-state index in [1.165, 1.54) is 0 Å². The first kappa shape index (κ1) is 25.0.